The van der Waals surface area contributed by atoms with Gasteiger partial charge >= 0.3 is 0 Å². The molecule has 1 unspecified atom stereocenters. The number of Topliss-reactive ketones (excluding diaryl/α,β-unsaturated/α-hetero) is 1. The van der Waals surface area contributed by atoms with Gasteiger partial charge < -0.3 is 10.1 Å². The van der Waals surface area contributed by atoms with Gasteiger partial charge in [0.1, 0.15) is 12.4 Å². The Hall–Kier alpha value is -1.55. The van der Waals surface area contributed by atoms with Crippen molar-refractivity contribution >= 4 is 11.5 Å². The zero-order chi connectivity index (χ0) is 13.9. The molecular weight excluding hydrogens is 252 g/mol. The minimum absolute atomic E-state index is 0.203. The summed E-state index contributed by atoms with van der Waals surface area (Å²) < 4.78 is 5.54. The normalized spacial score (nSPS) is 22.6. The Kier molecular flexibility index (Phi) is 3.92. The fraction of sp³-hybridized carbons (Fsp3) is 0.562. The lowest BCUT2D eigenvalue weighted by Gasteiger charge is -2.30. The number of likely N-dealkylation sites (tertiary alicyclic amines) is 1. The maximum absolute atomic E-state index is 12.4. The highest BCUT2D eigenvalue weighted by Crippen LogP contribution is 2.28. The van der Waals surface area contributed by atoms with Crippen LogP contribution in [0.25, 0.3) is 0 Å². The monoisotopic (exact) mass is 274 g/mol. The number of hydrogen-bond acceptors (Lipinski definition) is 4. The van der Waals surface area contributed by atoms with Crippen molar-refractivity contribution in [1.82, 2.24) is 4.90 Å². The molecule has 4 heteroatoms. The largest absolute Gasteiger partial charge is 0.490 e. The summed E-state index contributed by atoms with van der Waals surface area (Å²) in [5.74, 6) is 1.75. The maximum atomic E-state index is 12.4. The minimum atomic E-state index is 0.203. The van der Waals surface area contributed by atoms with Crippen LogP contribution in [0.1, 0.15) is 30.1 Å². The van der Waals surface area contributed by atoms with E-state index in [-0.39, 0.29) is 5.78 Å². The number of anilines is 1. The lowest BCUT2D eigenvalue weighted by Crippen LogP contribution is -2.38. The second-order valence-corrected chi connectivity index (χ2v) is 5.89. The molecule has 1 atom stereocenters. The number of ether oxygens (including phenoxy) is 1. The van der Waals surface area contributed by atoms with Crippen molar-refractivity contribution in [3.8, 4) is 5.75 Å². The topological polar surface area (TPSA) is 41.6 Å². The third-order valence-electron chi connectivity index (χ3n) is 4.08. The highest BCUT2D eigenvalue weighted by molar-refractivity contribution is 5.98. The van der Waals surface area contributed by atoms with Gasteiger partial charge in [-0.3, -0.25) is 9.69 Å². The molecule has 1 aromatic rings. The van der Waals surface area contributed by atoms with Crippen molar-refractivity contribution in [2.75, 3.05) is 38.1 Å². The number of nitrogens with one attached hydrogen (secondary N) is 1. The van der Waals surface area contributed by atoms with Gasteiger partial charge in [-0.2, -0.15) is 0 Å². The Bertz CT molecular complexity index is 501. The maximum Gasteiger partial charge on any atom is 0.176 e. The number of carbonyl (C=O) groups excluding carboxylic acids is 1. The Labute approximate surface area is 120 Å². The molecule has 1 fully saturated rings. The van der Waals surface area contributed by atoms with Crippen LogP contribution in [0.15, 0.2) is 18.2 Å². The fourth-order valence-electron chi connectivity index (χ4n) is 3.04. The van der Waals surface area contributed by atoms with E-state index >= 15 is 0 Å². The Morgan fingerprint density at radius 1 is 1.50 bits per heavy atom. The quantitative estimate of drug-likeness (QED) is 0.859. The lowest BCUT2D eigenvalue weighted by atomic mass is 9.99. The van der Waals surface area contributed by atoms with Crippen molar-refractivity contribution < 1.29 is 9.53 Å². The van der Waals surface area contributed by atoms with Gasteiger partial charge in [0.05, 0.1) is 12.2 Å². The molecule has 1 aromatic carbocycles. The molecule has 0 spiro atoms. The first-order valence-electron chi connectivity index (χ1n) is 7.48. The number of ketones is 1. The van der Waals surface area contributed by atoms with E-state index in [0.29, 0.717) is 19.1 Å². The Balaban J connectivity index is 1.67. The van der Waals surface area contributed by atoms with Crippen LogP contribution < -0.4 is 10.1 Å². The first-order chi connectivity index (χ1) is 9.72. The van der Waals surface area contributed by atoms with E-state index in [2.05, 4.69) is 17.1 Å². The number of carbonyl (C=O) groups is 1. The van der Waals surface area contributed by atoms with Crippen LogP contribution in [0.3, 0.4) is 0 Å². The summed E-state index contributed by atoms with van der Waals surface area (Å²) in [6.45, 7) is 6.36. The Morgan fingerprint density at radius 3 is 3.25 bits per heavy atom. The summed E-state index contributed by atoms with van der Waals surface area (Å²) >= 11 is 0. The summed E-state index contributed by atoms with van der Waals surface area (Å²) in [7, 11) is 0. The van der Waals surface area contributed by atoms with Crippen molar-refractivity contribution in [3.05, 3.63) is 23.8 Å². The SMILES string of the molecule is CC1CCCN(CC(=O)c2ccc3c(c2)NCCO3)C1. The molecule has 1 saturated heterocycles. The van der Waals surface area contributed by atoms with Gasteiger partial charge in [0, 0.05) is 18.7 Å². The molecule has 20 heavy (non-hydrogen) atoms. The van der Waals surface area contributed by atoms with Crippen LogP contribution in [0.2, 0.25) is 0 Å². The summed E-state index contributed by atoms with van der Waals surface area (Å²) in [5, 5.41) is 3.28. The lowest BCUT2D eigenvalue weighted by molar-refractivity contribution is 0.0893. The number of benzene rings is 1. The predicted molar refractivity (Wildman–Crippen MR) is 79.6 cm³/mol. The number of hydrogen-bond donors (Lipinski definition) is 1. The fourth-order valence-corrected chi connectivity index (χ4v) is 3.04. The number of piperidine rings is 1. The smallest absolute Gasteiger partial charge is 0.176 e. The van der Waals surface area contributed by atoms with Gasteiger partial charge in [0.25, 0.3) is 0 Å². The molecule has 0 aliphatic carbocycles. The molecule has 0 saturated carbocycles. The zero-order valence-electron chi connectivity index (χ0n) is 12.0. The molecule has 2 aliphatic heterocycles. The average molecular weight is 274 g/mol. The van der Waals surface area contributed by atoms with Gasteiger partial charge in [0.2, 0.25) is 0 Å². The first kappa shape index (κ1) is 13.4. The zero-order valence-corrected chi connectivity index (χ0v) is 12.0. The van der Waals surface area contributed by atoms with Gasteiger partial charge in [0.15, 0.2) is 5.78 Å². The van der Waals surface area contributed by atoms with Gasteiger partial charge in [-0.25, -0.2) is 0 Å². The highest BCUT2D eigenvalue weighted by atomic mass is 16.5. The van der Waals surface area contributed by atoms with E-state index in [1.165, 1.54) is 12.8 Å². The van der Waals surface area contributed by atoms with Crippen LogP contribution in [0.4, 0.5) is 5.69 Å². The minimum Gasteiger partial charge on any atom is -0.490 e. The molecule has 0 bridgehead atoms. The van der Waals surface area contributed by atoms with E-state index in [9.17, 15) is 4.79 Å². The molecule has 0 radical (unpaired) electrons. The summed E-state index contributed by atoms with van der Waals surface area (Å²) in [4.78, 5) is 14.7. The molecule has 2 aliphatic rings. The molecule has 1 N–H and O–H groups in total. The van der Waals surface area contributed by atoms with Crippen molar-refractivity contribution in [2.24, 2.45) is 5.92 Å². The average Bonchev–Trinajstić information content (AvgIpc) is 2.47. The van der Waals surface area contributed by atoms with Crippen LogP contribution in [-0.2, 0) is 0 Å². The molecular formula is C16H22N2O2. The summed E-state index contributed by atoms with van der Waals surface area (Å²) in [6.07, 6.45) is 2.48. The number of rotatable bonds is 3. The molecule has 2 heterocycles. The number of nitrogens with zero attached hydrogens (tertiary/aromatic N) is 1. The van der Waals surface area contributed by atoms with Crippen LogP contribution in [0.5, 0.6) is 5.75 Å². The van der Waals surface area contributed by atoms with E-state index < -0.39 is 0 Å². The Morgan fingerprint density at radius 2 is 2.40 bits per heavy atom. The molecule has 4 nitrogen and oxygen atoms in total. The van der Waals surface area contributed by atoms with Crippen LogP contribution in [0, 0.1) is 5.92 Å². The van der Waals surface area contributed by atoms with E-state index in [0.717, 1.165) is 36.6 Å². The van der Waals surface area contributed by atoms with Gasteiger partial charge in [-0.05, 0) is 43.5 Å². The van der Waals surface area contributed by atoms with Crippen LogP contribution >= 0.6 is 0 Å². The standard InChI is InChI=1S/C16H22N2O2/c1-12-3-2-7-18(10-12)11-15(19)13-4-5-16-14(9-13)17-6-8-20-16/h4-5,9,12,17H,2-3,6-8,10-11H2,1H3. The number of fused-ring (bicyclic) bond motifs is 1. The van der Waals surface area contributed by atoms with Gasteiger partial charge in [-0.1, -0.05) is 6.92 Å². The van der Waals surface area contributed by atoms with E-state index in [1.54, 1.807) is 0 Å². The van der Waals surface area contributed by atoms with E-state index in [1.807, 2.05) is 18.2 Å². The third-order valence-corrected chi connectivity index (χ3v) is 4.08. The van der Waals surface area contributed by atoms with Crippen LogP contribution in [-0.4, -0.2) is 43.5 Å². The van der Waals surface area contributed by atoms with Crippen molar-refractivity contribution in [3.63, 3.8) is 0 Å². The molecule has 108 valence electrons. The highest BCUT2D eigenvalue weighted by Gasteiger charge is 2.20. The van der Waals surface area contributed by atoms with Gasteiger partial charge in [-0.15, -0.1) is 0 Å². The van der Waals surface area contributed by atoms with Crippen molar-refractivity contribution in [1.29, 1.82) is 0 Å². The summed E-state index contributed by atoms with van der Waals surface area (Å²) in [6, 6.07) is 5.69. The second kappa shape index (κ2) is 5.83. The third kappa shape index (κ3) is 2.96. The molecule has 3 rings (SSSR count). The molecule has 0 amide bonds. The van der Waals surface area contributed by atoms with Crippen molar-refractivity contribution in [2.45, 2.75) is 19.8 Å². The first-order valence-corrected chi connectivity index (χ1v) is 7.48. The van der Waals surface area contributed by atoms with E-state index in [4.69, 9.17) is 4.74 Å². The summed E-state index contributed by atoms with van der Waals surface area (Å²) in [5.41, 5.74) is 1.72. The predicted octanol–water partition coefficient (Wildman–Crippen LogP) is 2.41. The molecule has 0 aromatic heterocycles. The second-order valence-electron chi connectivity index (χ2n) is 5.89.